The van der Waals surface area contributed by atoms with Gasteiger partial charge in [-0.1, -0.05) is 31.1 Å². The van der Waals surface area contributed by atoms with Crippen molar-refractivity contribution in [1.29, 1.82) is 0 Å². The number of carbonyl (C=O) groups excluding carboxylic acids is 1. The number of aromatic amines is 1. The third-order valence-corrected chi connectivity index (χ3v) is 3.08. The summed E-state index contributed by atoms with van der Waals surface area (Å²) in [7, 11) is 0. The summed E-state index contributed by atoms with van der Waals surface area (Å²) in [4.78, 5) is 25.5. The fourth-order valence-electron chi connectivity index (χ4n) is 1.28. The van der Waals surface area contributed by atoms with Crippen LogP contribution in [0.3, 0.4) is 0 Å². The minimum absolute atomic E-state index is 0.146. The number of aromatic nitrogens is 1. The SMILES string of the molecule is CCCCCNC(=O)c1sc(=O)[nH]c1C. The third kappa shape index (κ3) is 3.51. The van der Waals surface area contributed by atoms with E-state index in [1.165, 1.54) is 0 Å². The van der Waals surface area contributed by atoms with E-state index in [2.05, 4.69) is 17.2 Å². The molecule has 4 nitrogen and oxygen atoms in total. The standard InChI is InChI=1S/C10H16N2O2S/c1-3-4-5-6-11-9(13)8-7(2)12-10(14)15-8/h3-6H2,1-2H3,(H,11,13)(H,12,14). The molecule has 0 fully saturated rings. The smallest absolute Gasteiger partial charge is 0.305 e. The zero-order chi connectivity index (χ0) is 11.3. The van der Waals surface area contributed by atoms with Crippen LogP contribution in [0.15, 0.2) is 4.79 Å². The van der Waals surface area contributed by atoms with Crippen molar-refractivity contribution in [2.45, 2.75) is 33.1 Å². The van der Waals surface area contributed by atoms with E-state index in [0.717, 1.165) is 30.6 Å². The molecule has 0 saturated carbocycles. The molecule has 1 aromatic rings. The van der Waals surface area contributed by atoms with E-state index in [9.17, 15) is 9.59 Å². The summed E-state index contributed by atoms with van der Waals surface area (Å²) in [5, 5.41) is 2.80. The molecule has 15 heavy (non-hydrogen) atoms. The molecule has 2 N–H and O–H groups in total. The first-order valence-corrected chi connectivity index (χ1v) is 5.94. The topological polar surface area (TPSA) is 62.0 Å². The van der Waals surface area contributed by atoms with Gasteiger partial charge in [-0.2, -0.15) is 0 Å². The Labute approximate surface area is 92.7 Å². The number of hydrogen-bond acceptors (Lipinski definition) is 3. The van der Waals surface area contributed by atoms with Gasteiger partial charge in [-0.3, -0.25) is 9.59 Å². The third-order valence-electron chi connectivity index (χ3n) is 2.10. The maximum atomic E-state index is 11.6. The van der Waals surface area contributed by atoms with Crippen molar-refractivity contribution in [3.8, 4) is 0 Å². The van der Waals surface area contributed by atoms with Gasteiger partial charge in [0.25, 0.3) is 5.91 Å². The van der Waals surface area contributed by atoms with Gasteiger partial charge >= 0.3 is 4.87 Å². The van der Waals surface area contributed by atoms with E-state index in [4.69, 9.17) is 0 Å². The van der Waals surface area contributed by atoms with Crippen molar-refractivity contribution < 1.29 is 4.79 Å². The summed E-state index contributed by atoms with van der Waals surface area (Å²) in [5.41, 5.74) is 0.651. The van der Waals surface area contributed by atoms with Crippen LogP contribution in [0.2, 0.25) is 0 Å². The fraction of sp³-hybridized carbons (Fsp3) is 0.600. The maximum absolute atomic E-state index is 11.6. The van der Waals surface area contributed by atoms with Crippen LogP contribution < -0.4 is 10.2 Å². The van der Waals surface area contributed by atoms with Gasteiger partial charge in [0.15, 0.2) is 0 Å². The summed E-state index contributed by atoms with van der Waals surface area (Å²) in [6.45, 7) is 4.53. The summed E-state index contributed by atoms with van der Waals surface area (Å²) < 4.78 is 0. The predicted octanol–water partition coefficient (Wildman–Crippen LogP) is 1.66. The van der Waals surface area contributed by atoms with Crippen LogP contribution >= 0.6 is 11.3 Å². The second-order valence-electron chi connectivity index (χ2n) is 3.43. The molecular formula is C10H16N2O2S. The Hall–Kier alpha value is -1.10. The van der Waals surface area contributed by atoms with Crippen molar-refractivity contribution in [2.24, 2.45) is 0 Å². The second-order valence-corrected chi connectivity index (χ2v) is 4.41. The van der Waals surface area contributed by atoms with E-state index in [1.54, 1.807) is 6.92 Å². The lowest BCUT2D eigenvalue weighted by atomic mass is 10.2. The van der Waals surface area contributed by atoms with E-state index < -0.39 is 0 Å². The van der Waals surface area contributed by atoms with Gasteiger partial charge in [-0.25, -0.2) is 0 Å². The summed E-state index contributed by atoms with van der Waals surface area (Å²) in [6, 6.07) is 0. The number of hydrogen-bond donors (Lipinski definition) is 2. The fourth-order valence-corrected chi connectivity index (χ4v) is 2.04. The van der Waals surface area contributed by atoms with Crippen LogP contribution in [0.5, 0.6) is 0 Å². The lowest BCUT2D eigenvalue weighted by Crippen LogP contribution is -2.24. The van der Waals surface area contributed by atoms with Crippen LogP contribution in [0.1, 0.15) is 41.6 Å². The highest BCUT2D eigenvalue weighted by molar-refractivity contribution is 7.11. The molecule has 0 saturated heterocycles. The number of carbonyl (C=O) groups is 1. The number of amides is 1. The van der Waals surface area contributed by atoms with Crippen molar-refractivity contribution in [2.75, 3.05) is 6.54 Å². The highest BCUT2D eigenvalue weighted by atomic mass is 32.1. The minimum Gasteiger partial charge on any atom is -0.351 e. The molecule has 0 aliphatic carbocycles. The molecule has 0 radical (unpaired) electrons. The van der Waals surface area contributed by atoms with Gasteiger partial charge in [-0.05, 0) is 13.3 Å². The largest absolute Gasteiger partial charge is 0.351 e. The maximum Gasteiger partial charge on any atom is 0.305 e. The molecule has 0 aromatic carbocycles. The summed E-state index contributed by atoms with van der Waals surface area (Å²) in [5.74, 6) is -0.146. The lowest BCUT2D eigenvalue weighted by Gasteiger charge is -2.02. The Balaban J connectivity index is 2.47. The lowest BCUT2D eigenvalue weighted by molar-refractivity contribution is 0.0956. The molecule has 5 heteroatoms. The van der Waals surface area contributed by atoms with Crippen LogP contribution in [0.4, 0.5) is 0 Å². The molecule has 84 valence electrons. The zero-order valence-corrected chi connectivity index (χ0v) is 9.87. The number of rotatable bonds is 5. The molecule has 0 unspecified atom stereocenters. The summed E-state index contributed by atoms with van der Waals surface area (Å²) in [6.07, 6.45) is 3.23. The van der Waals surface area contributed by atoms with Crippen molar-refractivity contribution in [3.63, 3.8) is 0 Å². The van der Waals surface area contributed by atoms with E-state index in [1.807, 2.05) is 0 Å². The number of unbranched alkanes of at least 4 members (excludes halogenated alkanes) is 2. The van der Waals surface area contributed by atoms with Gasteiger partial charge in [0.05, 0.1) is 0 Å². The first-order chi connectivity index (χ1) is 7.15. The number of H-pyrrole nitrogens is 1. The Kier molecular flexibility index (Phi) is 4.55. The first-order valence-electron chi connectivity index (χ1n) is 5.13. The molecule has 0 spiro atoms. The minimum atomic E-state index is -0.175. The molecule has 0 bridgehead atoms. The van der Waals surface area contributed by atoms with Gasteiger partial charge in [-0.15, -0.1) is 0 Å². The van der Waals surface area contributed by atoms with E-state index >= 15 is 0 Å². The summed E-state index contributed by atoms with van der Waals surface area (Å²) >= 11 is 0.963. The number of aryl methyl sites for hydroxylation is 1. The molecule has 0 aliphatic heterocycles. The highest BCUT2D eigenvalue weighted by Gasteiger charge is 2.11. The van der Waals surface area contributed by atoms with Gasteiger partial charge in [0, 0.05) is 12.2 Å². The molecular weight excluding hydrogens is 212 g/mol. The van der Waals surface area contributed by atoms with E-state index in [0.29, 0.717) is 17.1 Å². The van der Waals surface area contributed by atoms with Crippen LogP contribution in [-0.2, 0) is 0 Å². The van der Waals surface area contributed by atoms with Crippen LogP contribution in [0.25, 0.3) is 0 Å². The monoisotopic (exact) mass is 228 g/mol. The zero-order valence-electron chi connectivity index (χ0n) is 9.05. The van der Waals surface area contributed by atoms with E-state index in [-0.39, 0.29) is 10.8 Å². The van der Waals surface area contributed by atoms with Gasteiger partial charge < -0.3 is 10.3 Å². The average molecular weight is 228 g/mol. The van der Waals surface area contributed by atoms with Crippen LogP contribution in [0, 0.1) is 6.92 Å². The molecule has 0 atom stereocenters. The molecule has 1 heterocycles. The van der Waals surface area contributed by atoms with Crippen LogP contribution in [-0.4, -0.2) is 17.4 Å². The normalized spacial score (nSPS) is 10.3. The quantitative estimate of drug-likeness (QED) is 0.753. The Morgan fingerprint density at radius 2 is 2.20 bits per heavy atom. The predicted molar refractivity (Wildman–Crippen MR) is 61.5 cm³/mol. The van der Waals surface area contributed by atoms with Crippen molar-refractivity contribution >= 4 is 17.2 Å². The Morgan fingerprint density at radius 3 is 2.73 bits per heavy atom. The van der Waals surface area contributed by atoms with Gasteiger partial charge in [0.1, 0.15) is 4.88 Å². The molecule has 0 aliphatic rings. The molecule has 1 rings (SSSR count). The van der Waals surface area contributed by atoms with Crippen molar-refractivity contribution in [1.82, 2.24) is 10.3 Å². The van der Waals surface area contributed by atoms with Crippen molar-refractivity contribution in [3.05, 3.63) is 20.2 Å². The first kappa shape index (κ1) is 12.0. The Bertz CT molecular complexity index is 381. The average Bonchev–Trinajstić information content (AvgIpc) is 2.52. The number of thiazole rings is 1. The molecule has 1 aromatic heterocycles. The molecule has 1 amide bonds. The van der Waals surface area contributed by atoms with Gasteiger partial charge in [0.2, 0.25) is 0 Å². The highest BCUT2D eigenvalue weighted by Crippen LogP contribution is 2.07. The Morgan fingerprint density at radius 1 is 1.47 bits per heavy atom. The second kappa shape index (κ2) is 5.70. The number of nitrogens with one attached hydrogen (secondary N) is 2.